The molecular formula is C23H25N6O8P. The molecule has 4 rings (SSSR count). The van der Waals surface area contributed by atoms with E-state index in [9.17, 15) is 19.3 Å². The summed E-state index contributed by atoms with van der Waals surface area (Å²) in [4.78, 5) is 33.1. The molecular weight excluding hydrogens is 519 g/mol. The van der Waals surface area contributed by atoms with Crippen molar-refractivity contribution in [1.29, 1.82) is 0 Å². The Hall–Kier alpha value is -3.93. The number of aromatic nitrogens is 3. The van der Waals surface area contributed by atoms with Gasteiger partial charge in [0.1, 0.15) is 17.7 Å². The van der Waals surface area contributed by atoms with Gasteiger partial charge >= 0.3 is 13.3 Å². The number of rotatable bonds is 10. The number of methoxy groups -OCH3 is 1. The molecule has 1 aromatic carbocycles. The number of hydrogen-bond donors (Lipinski definition) is 2. The van der Waals surface area contributed by atoms with Crippen molar-refractivity contribution < 1.29 is 28.2 Å². The summed E-state index contributed by atoms with van der Waals surface area (Å²) in [7, 11) is -2.85. The fraction of sp³-hybridized carbons (Fsp3) is 0.348. The number of aliphatic hydroxyl groups is 1. The van der Waals surface area contributed by atoms with Crippen LogP contribution in [0.3, 0.4) is 0 Å². The van der Waals surface area contributed by atoms with Crippen molar-refractivity contribution in [3.05, 3.63) is 97.4 Å². The van der Waals surface area contributed by atoms with Crippen molar-refractivity contribution in [2.24, 2.45) is 5.11 Å². The number of ether oxygens (including phenoxy) is 2. The summed E-state index contributed by atoms with van der Waals surface area (Å²) in [5, 5.41) is 14.7. The van der Waals surface area contributed by atoms with E-state index in [4.69, 9.17) is 24.1 Å². The molecule has 5 atom stereocenters. The minimum Gasteiger partial charge on any atom is -0.497 e. The summed E-state index contributed by atoms with van der Waals surface area (Å²) in [6, 6.07) is 8.43. The van der Waals surface area contributed by atoms with Crippen molar-refractivity contribution >= 4 is 7.60 Å². The van der Waals surface area contributed by atoms with Crippen LogP contribution in [0.2, 0.25) is 0 Å². The molecule has 0 radical (unpaired) electrons. The predicted octanol–water partition coefficient (Wildman–Crippen LogP) is 3.19. The van der Waals surface area contributed by atoms with E-state index in [0.717, 1.165) is 0 Å². The van der Waals surface area contributed by atoms with Crippen LogP contribution in [0.1, 0.15) is 29.6 Å². The third kappa shape index (κ3) is 5.96. The van der Waals surface area contributed by atoms with E-state index in [-0.39, 0.29) is 23.3 Å². The highest BCUT2D eigenvalue weighted by atomic mass is 31.2. The van der Waals surface area contributed by atoms with Crippen LogP contribution in [0, 0.1) is 6.92 Å². The molecule has 1 fully saturated rings. The first kappa shape index (κ1) is 27.1. The third-order valence-corrected chi connectivity index (χ3v) is 7.72. The lowest BCUT2D eigenvalue weighted by Gasteiger charge is -2.26. The molecule has 2 N–H and O–H groups in total. The zero-order valence-corrected chi connectivity index (χ0v) is 21.3. The second-order valence-corrected chi connectivity index (χ2v) is 10.4. The molecule has 2 aromatic heterocycles. The molecule has 3 aromatic rings. The molecule has 1 aliphatic rings. The second kappa shape index (κ2) is 11.6. The Balaban J connectivity index is 1.59. The monoisotopic (exact) mass is 544 g/mol. The highest BCUT2D eigenvalue weighted by Gasteiger charge is 2.42. The van der Waals surface area contributed by atoms with Gasteiger partial charge in [0, 0.05) is 41.0 Å². The van der Waals surface area contributed by atoms with Gasteiger partial charge in [-0.1, -0.05) is 11.2 Å². The normalized spacial score (nSPS) is 21.2. The van der Waals surface area contributed by atoms with Crippen LogP contribution in [-0.2, 0) is 13.8 Å². The molecule has 38 heavy (non-hydrogen) atoms. The first-order valence-electron chi connectivity index (χ1n) is 11.4. The molecule has 0 saturated carbocycles. The summed E-state index contributed by atoms with van der Waals surface area (Å²) in [5.74, 6) is -1.03. The largest absolute Gasteiger partial charge is 0.497 e. The van der Waals surface area contributed by atoms with Gasteiger partial charge in [0.05, 0.1) is 25.9 Å². The minimum absolute atomic E-state index is 0.0816. The van der Waals surface area contributed by atoms with E-state index in [2.05, 4.69) is 20.0 Å². The maximum absolute atomic E-state index is 13.9. The average Bonchev–Trinajstić information content (AvgIpc) is 3.32. The first-order valence-corrected chi connectivity index (χ1v) is 13.0. The molecule has 200 valence electrons. The SMILES string of the molecule is COc1ccc(OP(=O)(OC[C@H]2O[C@@H](n3cc(C)c(=O)[nH]c3=O)C[C@@H]2N=[N+]=[N-])C(O)c2cccnc2)cc1. The van der Waals surface area contributed by atoms with Crippen LogP contribution in [-0.4, -0.2) is 45.5 Å². The molecule has 0 amide bonds. The lowest BCUT2D eigenvalue weighted by molar-refractivity contribution is -0.0252. The van der Waals surface area contributed by atoms with Gasteiger partial charge in [-0.25, -0.2) is 9.36 Å². The maximum Gasteiger partial charge on any atom is 0.412 e. The van der Waals surface area contributed by atoms with E-state index < -0.39 is 49.7 Å². The lowest BCUT2D eigenvalue weighted by atomic mass is 10.1. The zero-order chi connectivity index (χ0) is 27.3. The second-order valence-electron chi connectivity index (χ2n) is 8.38. The molecule has 2 unspecified atom stereocenters. The van der Waals surface area contributed by atoms with Gasteiger partial charge in [0.2, 0.25) is 0 Å². The standard InChI is InChI=1S/C23H25N6O8P/c1-14-12-29(23(32)26-21(14)30)20-10-18(27-28-24)19(36-20)13-35-38(33,22(31)15-4-3-9-25-11-15)37-17-7-5-16(34-2)6-8-17/h3-9,11-12,18-20,22,31H,10,13H2,1-2H3,(H,26,30,32)/t18-,19+,20+,22?,38?/m0/s1. The van der Waals surface area contributed by atoms with Gasteiger partial charge in [0.15, 0.2) is 5.85 Å². The zero-order valence-electron chi connectivity index (χ0n) is 20.4. The summed E-state index contributed by atoms with van der Waals surface area (Å²) in [6.07, 6.45) is 2.39. The summed E-state index contributed by atoms with van der Waals surface area (Å²) < 4.78 is 37.5. The average molecular weight is 544 g/mol. The summed E-state index contributed by atoms with van der Waals surface area (Å²) in [6.45, 7) is 1.11. The van der Waals surface area contributed by atoms with Gasteiger partial charge in [-0.05, 0) is 42.8 Å². The van der Waals surface area contributed by atoms with Crippen LogP contribution >= 0.6 is 7.60 Å². The predicted molar refractivity (Wildman–Crippen MR) is 134 cm³/mol. The minimum atomic E-state index is -4.35. The van der Waals surface area contributed by atoms with Crippen molar-refractivity contribution in [2.75, 3.05) is 13.7 Å². The van der Waals surface area contributed by atoms with Crippen molar-refractivity contribution in [1.82, 2.24) is 14.5 Å². The van der Waals surface area contributed by atoms with Gasteiger partial charge in [-0.3, -0.25) is 23.9 Å². The molecule has 15 heteroatoms. The van der Waals surface area contributed by atoms with Gasteiger partial charge in [-0.15, -0.1) is 0 Å². The Morgan fingerprint density at radius 1 is 1.32 bits per heavy atom. The molecule has 14 nitrogen and oxygen atoms in total. The number of hydrogen-bond acceptors (Lipinski definition) is 10. The van der Waals surface area contributed by atoms with E-state index in [0.29, 0.717) is 5.75 Å². The van der Waals surface area contributed by atoms with E-state index in [1.807, 2.05) is 0 Å². The number of aryl methyl sites for hydroxylation is 1. The number of nitrogens with one attached hydrogen (secondary N) is 1. The number of aromatic amines is 1. The molecule has 1 saturated heterocycles. The van der Waals surface area contributed by atoms with E-state index in [1.54, 1.807) is 18.2 Å². The van der Waals surface area contributed by atoms with Crippen LogP contribution < -0.4 is 20.5 Å². The molecule has 1 aliphatic heterocycles. The molecule has 0 bridgehead atoms. The van der Waals surface area contributed by atoms with Crippen LogP contribution in [0.5, 0.6) is 11.5 Å². The summed E-state index contributed by atoms with van der Waals surface area (Å²) >= 11 is 0. The quantitative estimate of drug-likeness (QED) is 0.167. The highest BCUT2D eigenvalue weighted by Crippen LogP contribution is 2.59. The van der Waals surface area contributed by atoms with Crippen LogP contribution in [0.25, 0.3) is 10.4 Å². The number of benzene rings is 1. The van der Waals surface area contributed by atoms with Gasteiger partial charge in [0.25, 0.3) is 5.56 Å². The smallest absolute Gasteiger partial charge is 0.412 e. The third-order valence-electron chi connectivity index (χ3n) is 5.85. The highest BCUT2D eigenvalue weighted by molar-refractivity contribution is 7.54. The Bertz CT molecular complexity index is 1470. The topological polar surface area (TPSA) is 191 Å². The van der Waals surface area contributed by atoms with Crippen molar-refractivity contribution in [3.8, 4) is 11.5 Å². The fourth-order valence-corrected chi connectivity index (χ4v) is 5.42. The number of nitrogens with zero attached hydrogens (tertiary/aromatic N) is 5. The van der Waals surface area contributed by atoms with Crippen LogP contribution in [0.4, 0.5) is 0 Å². The van der Waals surface area contributed by atoms with Gasteiger partial charge in [-0.2, -0.15) is 0 Å². The number of pyridine rings is 1. The lowest BCUT2D eigenvalue weighted by Crippen LogP contribution is -2.33. The van der Waals surface area contributed by atoms with Crippen molar-refractivity contribution in [3.63, 3.8) is 0 Å². The van der Waals surface area contributed by atoms with Crippen LogP contribution in [0.15, 0.2) is 69.7 Å². The van der Waals surface area contributed by atoms with Gasteiger partial charge < -0.3 is 19.1 Å². The fourth-order valence-electron chi connectivity index (χ4n) is 3.84. The Morgan fingerprint density at radius 2 is 2.05 bits per heavy atom. The molecule has 3 heterocycles. The van der Waals surface area contributed by atoms with Crippen molar-refractivity contribution in [2.45, 2.75) is 37.6 Å². The first-order chi connectivity index (χ1) is 18.2. The maximum atomic E-state index is 13.9. The number of aliphatic hydroxyl groups excluding tert-OH is 1. The Kier molecular flexibility index (Phi) is 8.30. The molecule has 0 aliphatic carbocycles. The Morgan fingerprint density at radius 3 is 2.71 bits per heavy atom. The van der Waals surface area contributed by atoms with E-state index in [1.165, 1.54) is 55.4 Å². The van der Waals surface area contributed by atoms with E-state index >= 15 is 0 Å². The Labute approximate surface area is 215 Å². The number of H-pyrrole nitrogens is 1. The summed E-state index contributed by atoms with van der Waals surface area (Å²) in [5.41, 5.74) is 8.29. The molecule has 0 spiro atoms. The number of azide groups is 1.